The van der Waals surface area contributed by atoms with Crippen LogP contribution in [0, 0.1) is 17.3 Å². The zero-order valence-electron chi connectivity index (χ0n) is 35.5. The van der Waals surface area contributed by atoms with Crippen molar-refractivity contribution in [2.45, 2.75) is 50.9 Å². The van der Waals surface area contributed by atoms with Gasteiger partial charge in [0.1, 0.15) is 0 Å². The highest BCUT2D eigenvalue weighted by atomic mass is 16.1. The van der Waals surface area contributed by atoms with E-state index in [1.807, 2.05) is 0 Å². The second-order valence-electron chi connectivity index (χ2n) is 18.8. The van der Waals surface area contributed by atoms with Crippen molar-refractivity contribution in [1.29, 1.82) is 0 Å². The Kier molecular flexibility index (Phi) is 8.86. The molecule has 4 saturated carbocycles. The smallest absolute Gasteiger partial charge is 0.216 e. The second-order valence-corrected chi connectivity index (χ2v) is 18.8. The fourth-order valence-electron chi connectivity index (χ4n) is 12.5. The van der Waals surface area contributed by atoms with Crippen LogP contribution in [-0.4, -0.2) is 32.4 Å². The molecule has 7 aromatic rings. The lowest BCUT2D eigenvalue weighted by Crippen LogP contribution is -2.57. The Morgan fingerprint density at radius 1 is 0.524 bits per heavy atom. The van der Waals surface area contributed by atoms with Gasteiger partial charge in [0.15, 0.2) is 0 Å². The summed E-state index contributed by atoms with van der Waals surface area (Å²) in [6.07, 6.45) is 16.1. The number of amides is 1. The third kappa shape index (κ3) is 6.59. The van der Waals surface area contributed by atoms with Crippen molar-refractivity contribution in [3.63, 3.8) is 0 Å². The molecule has 4 aromatic carbocycles. The largest absolute Gasteiger partial charge is 0.356 e. The lowest BCUT2D eigenvalue weighted by atomic mass is 9.43. The number of H-pyrrole nitrogens is 2. The highest BCUT2D eigenvalue weighted by Gasteiger charge is 2.58. The van der Waals surface area contributed by atoms with Crippen LogP contribution in [0.5, 0.6) is 0 Å². The number of fused-ring (bicyclic) bond motifs is 8. The molecule has 0 radical (unpaired) electrons. The fourth-order valence-corrected chi connectivity index (χ4v) is 12.5. The quantitative estimate of drug-likeness (QED) is 0.150. The van der Waals surface area contributed by atoms with Gasteiger partial charge in [0.25, 0.3) is 0 Å². The van der Waals surface area contributed by atoms with Gasteiger partial charge in [0.2, 0.25) is 5.91 Å². The van der Waals surface area contributed by atoms with E-state index < -0.39 is 0 Å². The third-order valence-electron chi connectivity index (χ3n) is 14.6. The van der Waals surface area contributed by atoms with Gasteiger partial charge in [-0.2, -0.15) is 0 Å². The molecule has 0 saturated heterocycles. The Bertz CT molecular complexity index is 3110. The number of nitrogens with one attached hydrogen (secondary N) is 3. The molecule has 2 unspecified atom stereocenters. The number of carbonyl (C=O) groups excluding carboxylic acids is 1. The Labute approximate surface area is 367 Å². The van der Waals surface area contributed by atoms with Crippen molar-refractivity contribution >= 4 is 52.3 Å². The molecule has 63 heavy (non-hydrogen) atoms. The summed E-state index contributed by atoms with van der Waals surface area (Å²) >= 11 is 0. The lowest BCUT2D eigenvalue weighted by Gasteiger charge is -2.62. The summed E-state index contributed by atoms with van der Waals surface area (Å²) in [4.78, 5) is 30.9. The lowest BCUT2D eigenvalue weighted by molar-refractivity contribution is -0.121. The van der Waals surface area contributed by atoms with Crippen molar-refractivity contribution < 1.29 is 4.79 Å². The summed E-state index contributed by atoms with van der Waals surface area (Å²) < 4.78 is 0. The normalized spacial score (nSPS) is 21.8. The SMILES string of the molecule is CC(=O)NCC12CC3CC(C1)CC(c1ccc(-c4c5nc(c(-c6ccccc6)c6ccc([nH]6)c(-c6ccccc6)c6nc(c(-c7ccccc7)c7ccc4[nH]7)C=C6)C=C5)cc1)(C3)C2. The zero-order chi connectivity index (χ0) is 42.1. The first kappa shape index (κ1) is 37.7. The van der Waals surface area contributed by atoms with Crippen LogP contribution in [0.25, 0.3) is 90.9 Å². The molecule has 6 nitrogen and oxygen atoms in total. The van der Waals surface area contributed by atoms with E-state index in [4.69, 9.17) is 9.97 Å². The minimum atomic E-state index is 0.0818. The molecule has 6 heteroatoms. The summed E-state index contributed by atoms with van der Waals surface area (Å²) in [7, 11) is 0. The number of benzene rings is 4. The van der Waals surface area contributed by atoms with E-state index in [2.05, 4.69) is 179 Å². The molecule has 12 bridgehead atoms. The highest BCUT2D eigenvalue weighted by molar-refractivity contribution is 5.99. The molecule has 0 spiro atoms. The Balaban J connectivity index is 1.10. The van der Waals surface area contributed by atoms with Gasteiger partial charge in [-0.25, -0.2) is 9.97 Å². The average Bonchev–Trinajstić information content (AvgIpc) is 4.15. The van der Waals surface area contributed by atoms with Crippen LogP contribution in [-0.2, 0) is 10.2 Å². The van der Waals surface area contributed by atoms with E-state index >= 15 is 0 Å². The molecule has 4 fully saturated rings. The van der Waals surface area contributed by atoms with Gasteiger partial charge in [-0.05, 0) is 138 Å². The molecular formula is C57H49N5O. The number of aromatic nitrogens is 4. The maximum atomic E-state index is 12.1. The number of hydrogen-bond donors (Lipinski definition) is 3. The van der Waals surface area contributed by atoms with Gasteiger partial charge in [-0.3, -0.25) is 4.79 Å². The van der Waals surface area contributed by atoms with E-state index in [0.717, 1.165) is 114 Å². The van der Waals surface area contributed by atoms with Crippen molar-refractivity contribution in [2.75, 3.05) is 6.54 Å². The first-order chi connectivity index (χ1) is 30.9. The Morgan fingerprint density at radius 3 is 1.29 bits per heavy atom. The monoisotopic (exact) mass is 819 g/mol. The van der Waals surface area contributed by atoms with Crippen molar-refractivity contribution in [3.05, 3.63) is 168 Å². The predicted molar refractivity (Wildman–Crippen MR) is 258 cm³/mol. The van der Waals surface area contributed by atoms with Crippen LogP contribution < -0.4 is 5.32 Å². The first-order valence-corrected chi connectivity index (χ1v) is 22.6. The van der Waals surface area contributed by atoms with Crippen molar-refractivity contribution in [2.24, 2.45) is 17.3 Å². The van der Waals surface area contributed by atoms with Gasteiger partial charge in [0.05, 0.1) is 22.8 Å². The molecular weight excluding hydrogens is 771 g/mol. The summed E-state index contributed by atoms with van der Waals surface area (Å²) in [5.41, 5.74) is 18.0. The molecule has 2 aliphatic heterocycles. The van der Waals surface area contributed by atoms with Crippen LogP contribution in [0.1, 0.15) is 73.8 Å². The zero-order valence-corrected chi connectivity index (χ0v) is 35.5. The standard InChI is InChI=1S/C57H49N5O/c1-36(63)58-35-56-30-37-29-38(31-56)33-57(32-37,34-56)43-19-17-42(18-20-43)55-50-27-25-48(61-50)53(40-13-7-3-8-14-40)46-23-21-44(59-46)52(39-11-5-2-6-12-39)45-22-24-47(60-45)54(41-15-9-4-10-16-41)49-26-28-51(55)62-49/h2-28,37-38,59,62H,29-35H2,1H3,(H,58,63). The molecule has 2 atom stereocenters. The van der Waals surface area contributed by atoms with E-state index in [9.17, 15) is 4.79 Å². The topological polar surface area (TPSA) is 86.5 Å². The van der Waals surface area contributed by atoms with Gasteiger partial charge in [-0.15, -0.1) is 0 Å². The first-order valence-electron chi connectivity index (χ1n) is 22.6. The molecule has 308 valence electrons. The van der Waals surface area contributed by atoms with Gasteiger partial charge >= 0.3 is 0 Å². The molecule has 6 aliphatic rings. The minimum Gasteiger partial charge on any atom is -0.356 e. The van der Waals surface area contributed by atoms with E-state index in [-0.39, 0.29) is 16.7 Å². The minimum absolute atomic E-state index is 0.0818. The van der Waals surface area contributed by atoms with Crippen LogP contribution in [0.4, 0.5) is 0 Å². The number of rotatable bonds is 7. The van der Waals surface area contributed by atoms with E-state index in [1.165, 1.54) is 37.7 Å². The van der Waals surface area contributed by atoms with Gasteiger partial charge < -0.3 is 15.3 Å². The Morgan fingerprint density at radius 2 is 0.905 bits per heavy atom. The predicted octanol–water partition coefficient (Wildman–Crippen LogP) is 13.3. The highest BCUT2D eigenvalue weighted by Crippen LogP contribution is 2.65. The molecule has 5 heterocycles. The second kappa shape index (κ2) is 14.8. The Hall–Kier alpha value is -7.05. The molecule has 13 rings (SSSR count). The molecule has 1 amide bonds. The number of carbonyl (C=O) groups is 1. The maximum Gasteiger partial charge on any atom is 0.216 e. The van der Waals surface area contributed by atoms with Crippen molar-refractivity contribution in [3.8, 4) is 44.5 Å². The number of hydrogen-bond acceptors (Lipinski definition) is 3. The van der Waals surface area contributed by atoms with Crippen LogP contribution in [0.15, 0.2) is 140 Å². The van der Waals surface area contributed by atoms with Gasteiger partial charge in [0, 0.05) is 57.8 Å². The summed E-state index contributed by atoms with van der Waals surface area (Å²) in [6.45, 7) is 2.46. The number of aromatic amines is 2. The van der Waals surface area contributed by atoms with Crippen LogP contribution in [0.2, 0.25) is 0 Å². The number of nitrogens with zero attached hydrogens (tertiary/aromatic N) is 2. The summed E-state index contributed by atoms with van der Waals surface area (Å²) in [6, 6.07) is 50.0. The van der Waals surface area contributed by atoms with E-state index in [1.54, 1.807) is 6.92 Å². The average molecular weight is 820 g/mol. The molecule has 4 aliphatic carbocycles. The van der Waals surface area contributed by atoms with Crippen LogP contribution >= 0.6 is 0 Å². The van der Waals surface area contributed by atoms with Gasteiger partial charge in [-0.1, -0.05) is 115 Å². The van der Waals surface area contributed by atoms with Crippen molar-refractivity contribution in [1.82, 2.24) is 25.3 Å². The summed E-state index contributed by atoms with van der Waals surface area (Å²) in [5.74, 6) is 1.53. The molecule has 3 N–H and O–H groups in total. The fraction of sp³-hybridized carbons (Fsp3) is 0.211. The third-order valence-corrected chi connectivity index (χ3v) is 14.6. The van der Waals surface area contributed by atoms with Crippen LogP contribution in [0.3, 0.4) is 0 Å². The molecule has 3 aromatic heterocycles. The van der Waals surface area contributed by atoms with E-state index in [0.29, 0.717) is 0 Å². The maximum absolute atomic E-state index is 12.1. The summed E-state index contributed by atoms with van der Waals surface area (Å²) in [5, 5.41) is 3.24.